The van der Waals surface area contributed by atoms with Gasteiger partial charge in [0.25, 0.3) is 0 Å². The zero-order chi connectivity index (χ0) is 15.1. The molecule has 5 heteroatoms. The first kappa shape index (κ1) is 16.2. The summed E-state index contributed by atoms with van der Waals surface area (Å²) in [6, 6.07) is 6.95. The molecule has 0 bridgehead atoms. The molecule has 2 N–H and O–H groups in total. The zero-order valence-corrected chi connectivity index (χ0v) is 12.2. The van der Waals surface area contributed by atoms with Crippen LogP contribution in [0.1, 0.15) is 36.2 Å². The van der Waals surface area contributed by atoms with Gasteiger partial charge in [0.15, 0.2) is 0 Å². The molecule has 1 aromatic rings. The van der Waals surface area contributed by atoms with Crippen molar-refractivity contribution in [2.24, 2.45) is 0 Å². The van der Waals surface area contributed by atoms with E-state index >= 15 is 0 Å². The van der Waals surface area contributed by atoms with Crippen molar-refractivity contribution < 1.29 is 14.7 Å². The van der Waals surface area contributed by atoms with E-state index in [1.54, 1.807) is 24.3 Å². The van der Waals surface area contributed by atoms with Crippen LogP contribution in [0.4, 0.5) is 0 Å². The summed E-state index contributed by atoms with van der Waals surface area (Å²) < 4.78 is 0. The number of rotatable bonds is 7. The van der Waals surface area contributed by atoms with Crippen molar-refractivity contribution in [1.29, 1.82) is 0 Å². The second-order valence-electron chi connectivity index (χ2n) is 5.21. The van der Waals surface area contributed by atoms with Crippen LogP contribution < -0.4 is 5.32 Å². The lowest BCUT2D eigenvalue weighted by molar-refractivity contribution is -0.121. The van der Waals surface area contributed by atoms with Gasteiger partial charge in [0.05, 0.1) is 5.56 Å². The van der Waals surface area contributed by atoms with Crippen LogP contribution in [-0.4, -0.2) is 41.5 Å². The number of amides is 1. The lowest BCUT2D eigenvalue weighted by Crippen LogP contribution is -2.33. The molecule has 0 saturated carbocycles. The molecular formula is C15H22N2O3. The molecular weight excluding hydrogens is 256 g/mol. The summed E-state index contributed by atoms with van der Waals surface area (Å²) in [7, 11) is 1.94. The fourth-order valence-corrected chi connectivity index (χ4v) is 1.83. The molecule has 1 amide bonds. The van der Waals surface area contributed by atoms with Crippen LogP contribution in [0.5, 0.6) is 0 Å². The van der Waals surface area contributed by atoms with E-state index in [1.165, 1.54) is 0 Å². The van der Waals surface area contributed by atoms with Gasteiger partial charge in [-0.05, 0) is 38.6 Å². The van der Waals surface area contributed by atoms with E-state index in [0.29, 0.717) is 19.5 Å². The number of carbonyl (C=O) groups excluding carboxylic acids is 1. The van der Waals surface area contributed by atoms with Crippen molar-refractivity contribution in [2.75, 3.05) is 13.6 Å². The third-order valence-corrected chi connectivity index (χ3v) is 2.82. The van der Waals surface area contributed by atoms with Crippen LogP contribution in [0.25, 0.3) is 0 Å². The molecule has 0 fully saturated rings. The first-order chi connectivity index (χ1) is 9.38. The predicted molar refractivity (Wildman–Crippen MR) is 77.6 cm³/mol. The normalized spacial score (nSPS) is 10.8. The monoisotopic (exact) mass is 278 g/mol. The number of aromatic carboxylic acids is 1. The second-order valence-corrected chi connectivity index (χ2v) is 5.21. The molecule has 0 aliphatic rings. The smallest absolute Gasteiger partial charge is 0.335 e. The highest BCUT2D eigenvalue weighted by atomic mass is 16.4. The van der Waals surface area contributed by atoms with Gasteiger partial charge in [0, 0.05) is 25.6 Å². The van der Waals surface area contributed by atoms with Crippen molar-refractivity contribution >= 4 is 11.9 Å². The van der Waals surface area contributed by atoms with E-state index in [-0.39, 0.29) is 17.5 Å². The third-order valence-electron chi connectivity index (χ3n) is 2.82. The van der Waals surface area contributed by atoms with Crippen molar-refractivity contribution in [3.05, 3.63) is 35.4 Å². The fourth-order valence-electron chi connectivity index (χ4n) is 1.83. The number of nitrogens with zero attached hydrogens (tertiary/aromatic N) is 1. The quantitative estimate of drug-likeness (QED) is 0.797. The Morgan fingerprint density at radius 2 is 1.85 bits per heavy atom. The molecule has 20 heavy (non-hydrogen) atoms. The molecule has 0 radical (unpaired) electrons. The summed E-state index contributed by atoms with van der Waals surface area (Å²) in [4.78, 5) is 24.3. The Hall–Kier alpha value is -1.88. The Labute approximate surface area is 119 Å². The number of hydrogen-bond acceptors (Lipinski definition) is 3. The maximum Gasteiger partial charge on any atom is 0.335 e. The van der Waals surface area contributed by atoms with Crippen LogP contribution in [0.15, 0.2) is 24.3 Å². The third kappa shape index (κ3) is 5.84. The number of carbonyl (C=O) groups is 2. The SMILES string of the molecule is CC(C)NC(=O)CCN(C)Cc1ccc(C(=O)O)cc1. The van der Waals surface area contributed by atoms with Crippen LogP contribution in [0.3, 0.4) is 0 Å². The molecule has 0 heterocycles. The van der Waals surface area contributed by atoms with Crippen molar-refractivity contribution in [1.82, 2.24) is 10.2 Å². The van der Waals surface area contributed by atoms with Crippen molar-refractivity contribution in [3.63, 3.8) is 0 Å². The summed E-state index contributed by atoms with van der Waals surface area (Å²) in [6.07, 6.45) is 0.460. The molecule has 5 nitrogen and oxygen atoms in total. The maximum absolute atomic E-state index is 11.5. The fraction of sp³-hybridized carbons (Fsp3) is 0.467. The van der Waals surface area contributed by atoms with Gasteiger partial charge in [-0.2, -0.15) is 0 Å². The van der Waals surface area contributed by atoms with Crippen LogP contribution in [0, 0.1) is 0 Å². The van der Waals surface area contributed by atoms with Crippen molar-refractivity contribution in [2.45, 2.75) is 32.9 Å². The first-order valence-electron chi connectivity index (χ1n) is 6.68. The van der Waals surface area contributed by atoms with Crippen molar-refractivity contribution in [3.8, 4) is 0 Å². The maximum atomic E-state index is 11.5. The Morgan fingerprint density at radius 3 is 2.35 bits per heavy atom. The van der Waals surface area contributed by atoms with Gasteiger partial charge in [-0.25, -0.2) is 4.79 Å². The lowest BCUT2D eigenvalue weighted by atomic mass is 10.1. The molecule has 0 saturated heterocycles. The molecule has 110 valence electrons. The van der Waals surface area contributed by atoms with Crippen LogP contribution in [0.2, 0.25) is 0 Å². The molecule has 1 rings (SSSR count). The highest BCUT2D eigenvalue weighted by molar-refractivity contribution is 5.87. The van der Waals surface area contributed by atoms with Gasteiger partial charge in [0.1, 0.15) is 0 Å². The van der Waals surface area contributed by atoms with Crippen LogP contribution >= 0.6 is 0 Å². The topological polar surface area (TPSA) is 69.6 Å². The summed E-state index contributed by atoms with van der Waals surface area (Å²) in [6.45, 7) is 5.23. The van der Waals surface area contributed by atoms with Gasteiger partial charge in [0.2, 0.25) is 5.91 Å². The summed E-state index contributed by atoms with van der Waals surface area (Å²) >= 11 is 0. The van der Waals surface area contributed by atoms with E-state index in [2.05, 4.69) is 5.32 Å². The lowest BCUT2D eigenvalue weighted by Gasteiger charge is -2.17. The van der Waals surface area contributed by atoms with E-state index in [9.17, 15) is 9.59 Å². The number of benzene rings is 1. The minimum Gasteiger partial charge on any atom is -0.478 e. The average molecular weight is 278 g/mol. The van der Waals surface area contributed by atoms with Gasteiger partial charge < -0.3 is 15.3 Å². The summed E-state index contributed by atoms with van der Waals surface area (Å²) in [5.41, 5.74) is 1.31. The van der Waals surface area contributed by atoms with E-state index in [1.807, 2.05) is 25.8 Å². The Morgan fingerprint density at radius 1 is 1.25 bits per heavy atom. The molecule has 0 unspecified atom stereocenters. The molecule has 0 aliphatic carbocycles. The number of carboxylic acids is 1. The Kier molecular flexibility index (Phi) is 6.18. The van der Waals surface area contributed by atoms with Gasteiger partial charge in [-0.1, -0.05) is 12.1 Å². The van der Waals surface area contributed by atoms with Crippen LogP contribution in [-0.2, 0) is 11.3 Å². The van der Waals surface area contributed by atoms with Gasteiger partial charge in [-0.15, -0.1) is 0 Å². The summed E-state index contributed by atoms with van der Waals surface area (Å²) in [5, 5.41) is 11.7. The Bertz CT molecular complexity index is 455. The van der Waals surface area contributed by atoms with Gasteiger partial charge in [-0.3, -0.25) is 4.79 Å². The molecule has 0 aromatic heterocycles. The predicted octanol–water partition coefficient (Wildman–Crippen LogP) is 1.73. The largest absolute Gasteiger partial charge is 0.478 e. The highest BCUT2D eigenvalue weighted by Gasteiger charge is 2.07. The summed E-state index contributed by atoms with van der Waals surface area (Å²) in [5.74, 6) is -0.872. The first-order valence-corrected chi connectivity index (χ1v) is 6.68. The molecule has 0 spiro atoms. The average Bonchev–Trinajstić information content (AvgIpc) is 2.36. The zero-order valence-electron chi connectivity index (χ0n) is 12.2. The van der Waals surface area contributed by atoms with E-state index in [4.69, 9.17) is 5.11 Å². The standard InChI is InChI=1S/C15H22N2O3/c1-11(2)16-14(18)8-9-17(3)10-12-4-6-13(7-5-12)15(19)20/h4-7,11H,8-10H2,1-3H3,(H,16,18)(H,19,20). The number of hydrogen-bond donors (Lipinski definition) is 2. The molecule has 1 aromatic carbocycles. The second kappa shape index (κ2) is 7.65. The van der Waals surface area contributed by atoms with E-state index < -0.39 is 5.97 Å². The molecule has 0 aliphatic heterocycles. The van der Waals surface area contributed by atoms with E-state index in [0.717, 1.165) is 5.56 Å². The highest BCUT2D eigenvalue weighted by Crippen LogP contribution is 2.07. The minimum atomic E-state index is -0.921. The Balaban J connectivity index is 2.40. The minimum absolute atomic E-state index is 0.0491. The molecule has 0 atom stereocenters. The number of nitrogens with one attached hydrogen (secondary N) is 1. The number of carboxylic acid groups (broad SMARTS) is 1. The van der Waals surface area contributed by atoms with Gasteiger partial charge >= 0.3 is 5.97 Å².